The van der Waals surface area contributed by atoms with Crippen LogP contribution >= 0.6 is 23.2 Å². The Hall–Kier alpha value is -0.790. The van der Waals surface area contributed by atoms with E-state index in [0.29, 0.717) is 16.0 Å². The molecule has 1 aromatic heterocycles. The highest BCUT2D eigenvalue weighted by Crippen LogP contribution is 2.31. The molecule has 15 heavy (non-hydrogen) atoms. The third-order valence-corrected chi connectivity index (χ3v) is 2.94. The number of rotatable bonds is 1. The van der Waals surface area contributed by atoms with Crippen LogP contribution in [0.3, 0.4) is 0 Å². The maximum absolute atomic E-state index is 6.14. The molecule has 0 saturated heterocycles. The quantitative estimate of drug-likeness (QED) is 0.706. The average Bonchev–Trinajstić information content (AvgIpc) is 2.16. The van der Waals surface area contributed by atoms with Gasteiger partial charge >= 0.3 is 0 Å². The second-order valence-electron chi connectivity index (χ2n) is 3.84. The van der Waals surface area contributed by atoms with Crippen molar-refractivity contribution in [3.05, 3.63) is 40.0 Å². The summed E-state index contributed by atoms with van der Waals surface area (Å²) >= 11 is 12.1. The molecule has 0 bridgehead atoms. The standard InChI is InChI=1S/C12H11Cl2N/c1-7(2)12-9-5-8(13)3-4-11(9)15-6-10(12)14/h3-7H,1-2H3. The van der Waals surface area contributed by atoms with E-state index < -0.39 is 0 Å². The Kier molecular flexibility index (Phi) is 2.85. The smallest absolute Gasteiger partial charge is 0.0707 e. The summed E-state index contributed by atoms with van der Waals surface area (Å²) in [5.74, 6) is 0.362. The summed E-state index contributed by atoms with van der Waals surface area (Å²) in [5, 5.41) is 2.47. The Morgan fingerprint density at radius 3 is 2.60 bits per heavy atom. The zero-order valence-electron chi connectivity index (χ0n) is 8.59. The van der Waals surface area contributed by atoms with Crippen LogP contribution in [0, 0.1) is 0 Å². The van der Waals surface area contributed by atoms with Gasteiger partial charge in [-0.1, -0.05) is 37.0 Å². The molecule has 78 valence electrons. The maximum Gasteiger partial charge on any atom is 0.0707 e. The summed E-state index contributed by atoms with van der Waals surface area (Å²) in [7, 11) is 0. The number of fused-ring (bicyclic) bond motifs is 1. The molecule has 0 amide bonds. The number of pyridine rings is 1. The fraction of sp³-hybridized carbons (Fsp3) is 0.250. The first-order chi connectivity index (χ1) is 7.09. The number of hydrogen-bond acceptors (Lipinski definition) is 1. The molecular formula is C12H11Cl2N. The van der Waals surface area contributed by atoms with Crippen LogP contribution in [0.15, 0.2) is 24.4 Å². The van der Waals surface area contributed by atoms with E-state index in [9.17, 15) is 0 Å². The molecule has 0 unspecified atom stereocenters. The van der Waals surface area contributed by atoms with Crippen molar-refractivity contribution in [3.8, 4) is 0 Å². The Labute approximate surface area is 99.0 Å². The zero-order chi connectivity index (χ0) is 11.0. The van der Waals surface area contributed by atoms with Crippen LogP contribution in [0.2, 0.25) is 10.0 Å². The monoisotopic (exact) mass is 239 g/mol. The van der Waals surface area contributed by atoms with Gasteiger partial charge in [0.25, 0.3) is 0 Å². The fourth-order valence-corrected chi connectivity index (χ4v) is 2.29. The summed E-state index contributed by atoms with van der Waals surface area (Å²) in [6.45, 7) is 4.23. The Morgan fingerprint density at radius 2 is 1.93 bits per heavy atom. The van der Waals surface area contributed by atoms with Gasteiger partial charge in [0.05, 0.1) is 10.5 Å². The van der Waals surface area contributed by atoms with Crippen LogP contribution in [0.5, 0.6) is 0 Å². The third-order valence-electron chi connectivity index (χ3n) is 2.40. The summed E-state index contributed by atoms with van der Waals surface area (Å²) in [5.41, 5.74) is 2.05. The second-order valence-corrected chi connectivity index (χ2v) is 4.68. The summed E-state index contributed by atoms with van der Waals surface area (Å²) in [4.78, 5) is 4.27. The van der Waals surface area contributed by atoms with Crippen molar-refractivity contribution in [3.63, 3.8) is 0 Å². The molecule has 0 aliphatic rings. The molecule has 0 aliphatic heterocycles. The second kappa shape index (κ2) is 3.99. The Bertz CT molecular complexity index is 501. The first-order valence-electron chi connectivity index (χ1n) is 4.83. The molecule has 3 heteroatoms. The topological polar surface area (TPSA) is 12.9 Å². The normalized spacial score (nSPS) is 11.3. The highest BCUT2D eigenvalue weighted by molar-refractivity contribution is 6.33. The van der Waals surface area contributed by atoms with E-state index in [1.807, 2.05) is 18.2 Å². The van der Waals surface area contributed by atoms with Gasteiger partial charge in [0.1, 0.15) is 0 Å². The van der Waals surface area contributed by atoms with E-state index >= 15 is 0 Å². The van der Waals surface area contributed by atoms with Crippen LogP contribution in [0.25, 0.3) is 10.9 Å². The highest BCUT2D eigenvalue weighted by Gasteiger charge is 2.10. The summed E-state index contributed by atoms with van der Waals surface area (Å²) in [6.07, 6.45) is 1.70. The van der Waals surface area contributed by atoms with Crippen molar-refractivity contribution in [2.24, 2.45) is 0 Å². The van der Waals surface area contributed by atoms with Gasteiger partial charge in [0.2, 0.25) is 0 Å². The van der Waals surface area contributed by atoms with Crippen molar-refractivity contribution in [2.75, 3.05) is 0 Å². The van der Waals surface area contributed by atoms with Crippen molar-refractivity contribution in [1.29, 1.82) is 0 Å². The zero-order valence-corrected chi connectivity index (χ0v) is 10.1. The molecule has 2 rings (SSSR count). The minimum absolute atomic E-state index is 0.362. The minimum Gasteiger partial charge on any atom is -0.255 e. The molecule has 1 heterocycles. The molecule has 0 fully saturated rings. The highest BCUT2D eigenvalue weighted by atomic mass is 35.5. The number of halogens is 2. The first kappa shape index (κ1) is 10.7. The Morgan fingerprint density at radius 1 is 1.20 bits per heavy atom. The molecule has 0 spiro atoms. The van der Waals surface area contributed by atoms with Gasteiger partial charge in [0, 0.05) is 16.6 Å². The van der Waals surface area contributed by atoms with Crippen molar-refractivity contribution in [2.45, 2.75) is 19.8 Å². The van der Waals surface area contributed by atoms with Crippen molar-refractivity contribution < 1.29 is 0 Å². The van der Waals surface area contributed by atoms with Gasteiger partial charge in [-0.2, -0.15) is 0 Å². The fourth-order valence-electron chi connectivity index (χ4n) is 1.75. The van der Waals surface area contributed by atoms with E-state index in [1.54, 1.807) is 6.20 Å². The predicted octanol–water partition coefficient (Wildman–Crippen LogP) is 4.67. The van der Waals surface area contributed by atoms with Crippen LogP contribution in [0.4, 0.5) is 0 Å². The molecular weight excluding hydrogens is 229 g/mol. The van der Waals surface area contributed by atoms with Crippen LogP contribution in [-0.2, 0) is 0 Å². The number of aromatic nitrogens is 1. The lowest BCUT2D eigenvalue weighted by molar-refractivity contribution is 0.874. The molecule has 0 aliphatic carbocycles. The predicted molar refractivity (Wildman–Crippen MR) is 65.9 cm³/mol. The lowest BCUT2D eigenvalue weighted by Crippen LogP contribution is -1.93. The van der Waals surface area contributed by atoms with E-state index in [4.69, 9.17) is 23.2 Å². The number of benzene rings is 1. The van der Waals surface area contributed by atoms with Gasteiger partial charge in [0.15, 0.2) is 0 Å². The number of hydrogen-bond donors (Lipinski definition) is 0. The third kappa shape index (κ3) is 1.95. The molecule has 2 aromatic rings. The van der Waals surface area contributed by atoms with Gasteiger partial charge in [-0.15, -0.1) is 0 Å². The van der Waals surface area contributed by atoms with Gasteiger partial charge < -0.3 is 0 Å². The molecule has 1 nitrogen and oxygen atoms in total. The molecule has 0 atom stereocenters. The van der Waals surface area contributed by atoms with Gasteiger partial charge in [-0.25, -0.2) is 0 Å². The molecule has 1 aromatic carbocycles. The largest absolute Gasteiger partial charge is 0.255 e. The summed E-state index contributed by atoms with van der Waals surface area (Å²) in [6, 6.07) is 5.68. The first-order valence-corrected chi connectivity index (χ1v) is 5.59. The SMILES string of the molecule is CC(C)c1c(Cl)cnc2ccc(Cl)cc12. The molecule has 0 saturated carbocycles. The lowest BCUT2D eigenvalue weighted by atomic mass is 9.99. The average molecular weight is 240 g/mol. The molecule has 0 N–H and O–H groups in total. The van der Waals surface area contributed by atoms with E-state index in [-0.39, 0.29) is 0 Å². The van der Waals surface area contributed by atoms with Gasteiger partial charge in [-0.05, 0) is 29.7 Å². The number of nitrogens with zero attached hydrogens (tertiary/aromatic N) is 1. The van der Waals surface area contributed by atoms with Crippen LogP contribution < -0.4 is 0 Å². The van der Waals surface area contributed by atoms with Crippen molar-refractivity contribution >= 4 is 34.1 Å². The maximum atomic E-state index is 6.14. The van der Waals surface area contributed by atoms with Crippen LogP contribution in [-0.4, -0.2) is 4.98 Å². The van der Waals surface area contributed by atoms with Gasteiger partial charge in [-0.3, -0.25) is 4.98 Å². The molecule has 0 radical (unpaired) electrons. The minimum atomic E-state index is 0.362. The summed E-state index contributed by atoms with van der Waals surface area (Å²) < 4.78 is 0. The van der Waals surface area contributed by atoms with E-state index in [2.05, 4.69) is 18.8 Å². The van der Waals surface area contributed by atoms with E-state index in [0.717, 1.165) is 16.5 Å². The van der Waals surface area contributed by atoms with Crippen molar-refractivity contribution in [1.82, 2.24) is 4.98 Å². The Balaban J connectivity index is 2.84. The lowest BCUT2D eigenvalue weighted by Gasteiger charge is -2.11. The van der Waals surface area contributed by atoms with E-state index in [1.165, 1.54) is 0 Å². The van der Waals surface area contributed by atoms with Crippen LogP contribution in [0.1, 0.15) is 25.3 Å².